The second-order valence-corrected chi connectivity index (χ2v) is 9.20. The summed E-state index contributed by atoms with van der Waals surface area (Å²) in [6.07, 6.45) is 0. The highest BCUT2D eigenvalue weighted by molar-refractivity contribution is 6.51. The molecule has 0 spiro atoms. The Morgan fingerprint density at radius 3 is 2.16 bits per heavy atom. The van der Waals surface area contributed by atoms with Gasteiger partial charge in [-0.1, -0.05) is 80.0 Å². The molecule has 32 heavy (non-hydrogen) atoms. The van der Waals surface area contributed by atoms with Crippen molar-refractivity contribution in [1.82, 2.24) is 5.16 Å². The molecule has 1 aromatic heterocycles. The number of hydrogen-bond donors (Lipinski definition) is 1. The lowest BCUT2D eigenvalue weighted by Crippen LogP contribution is -2.29. The van der Waals surface area contributed by atoms with Crippen molar-refractivity contribution < 1.29 is 19.2 Å². The third-order valence-electron chi connectivity index (χ3n) is 5.72. The Labute approximate surface area is 187 Å². The number of aliphatic hydroxyl groups excluding tert-OH is 1. The summed E-state index contributed by atoms with van der Waals surface area (Å²) in [5.41, 5.74) is 3.30. The van der Waals surface area contributed by atoms with Gasteiger partial charge in [-0.15, -0.1) is 0 Å². The van der Waals surface area contributed by atoms with Gasteiger partial charge in [0.1, 0.15) is 11.5 Å². The number of hydrogen-bond acceptors (Lipinski definition) is 5. The van der Waals surface area contributed by atoms with Gasteiger partial charge >= 0.3 is 5.91 Å². The number of nitrogens with zero attached hydrogens (tertiary/aromatic N) is 2. The Bertz CT molecular complexity index is 1210. The minimum Gasteiger partial charge on any atom is -0.507 e. The smallest absolute Gasteiger partial charge is 0.301 e. The molecule has 164 valence electrons. The van der Waals surface area contributed by atoms with Crippen LogP contribution in [0, 0.1) is 13.8 Å². The Morgan fingerprint density at radius 1 is 1.00 bits per heavy atom. The standard InChI is InChI=1S/C26H26N2O4/c1-15-6-8-18(9-7-15)23(29)21-22(17-10-12-19(13-11-17)26(3,4)5)28(25(31)24(21)30)20-14-16(2)32-27-20/h6-14,22,29H,1-5H3/b23-21+. The van der Waals surface area contributed by atoms with Crippen molar-refractivity contribution in [3.63, 3.8) is 0 Å². The average molecular weight is 431 g/mol. The molecule has 0 saturated carbocycles. The minimum absolute atomic E-state index is 0.0306. The summed E-state index contributed by atoms with van der Waals surface area (Å²) in [6.45, 7) is 10.00. The summed E-state index contributed by atoms with van der Waals surface area (Å²) in [7, 11) is 0. The second-order valence-electron chi connectivity index (χ2n) is 9.20. The van der Waals surface area contributed by atoms with Gasteiger partial charge in [0, 0.05) is 11.6 Å². The minimum atomic E-state index is -0.824. The van der Waals surface area contributed by atoms with E-state index in [0.717, 1.165) is 11.1 Å². The van der Waals surface area contributed by atoms with Crippen molar-refractivity contribution in [3.05, 3.63) is 88.2 Å². The number of aryl methyl sites for hydroxylation is 2. The van der Waals surface area contributed by atoms with Gasteiger partial charge < -0.3 is 9.63 Å². The third kappa shape index (κ3) is 3.73. The lowest BCUT2D eigenvalue weighted by atomic mass is 9.85. The number of carbonyl (C=O) groups excluding carboxylic acids is 2. The second kappa shape index (κ2) is 7.79. The van der Waals surface area contributed by atoms with Crippen molar-refractivity contribution in [2.75, 3.05) is 4.90 Å². The molecule has 1 atom stereocenters. The molecule has 6 nitrogen and oxygen atoms in total. The van der Waals surface area contributed by atoms with E-state index in [-0.39, 0.29) is 22.6 Å². The first-order valence-electron chi connectivity index (χ1n) is 10.5. The van der Waals surface area contributed by atoms with Crippen molar-refractivity contribution in [2.24, 2.45) is 0 Å². The predicted molar refractivity (Wildman–Crippen MR) is 122 cm³/mol. The number of aliphatic hydroxyl groups is 1. The van der Waals surface area contributed by atoms with E-state index in [2.05, 4.69) is 25.9 Å². The summed E-state index contributed by atoms with van der Waals surface area (Å²) < 4.78 is 5.17. The Morgan fingerprint density at radius 2 is 1.62 bits per heavy atom. The van der Waals surface area contributed by atoms with Crippen LogP contribution in [0.15, 0.2) is 64.7 Å². The fourth-order valence-electron chi connectivity index (χ4n) is 3.88. The first-order chi connectivity index (χ1) is 15.1. The highest BCUT2D eigenvalue weighted by Crippen LogP contribution is 2.42. The maximum absolute atomic E-state index is 13.1. The number of aromatic nitrogens is 1. The van der Waals surface area contributed by atoms with Gasteiger partial charge in [-0.25, -0.2) is 0 Å². The van der Waals surface area contributed by atoms with E-state index in [4.69, 9.17) is 4.52 Å². The number of rotatable bonds is 3. The largest absolute Gasteiger partial charge is 0.507 e. The molecule has 2 heterocycles. The normalized spacial score (nSPS) is 18.4. The van der Waals surface area contributed by atoms with Crippen LogP contribution in [-0.2, 0) is 15.0 Å². The maximum atomic E-state index is 13.1. The van der Waals surface area contributed by atoms with E-state index in [1.54, 1.807) is 25.1 Å². The van der Waals surface area contributed by atoms with Gasteiger partial charge in [-0.2, -0.15) is 0 Å². The summed E-state index contributed by atoms with van der Waals surface area (Å²) in [5.74, 6) is -0.971. The number of anilines is 1. The fourth-order valence-corrected chi connectivity index (χ4v) is 3.88. The van der Waals surface area contributed by atoms with E-state index in [0.29, 0.717) is 16.9 Å². The van der Waals surface area contributed by atoms with Crippen molar-refractivity contribution in [3.8, 4) is 0 Å². The predicted octanol–water partition coefficient (Wildman–Crippen LogP) is 5.22. The zero-order valence-corrected chi connectivity index (χ0v) is 18.8. The van der Waals surface area contributed by atoms with Crippen LogP contribution in [-0.4, -0.2) is 22.0 Å². The van der Waals surface area contributed by atoms with E-state index in [1.807, 2.05) is 43.3 Å². The highest BCUT2D eigenvalue weighted by Gasteiger charge is 2.48. The topological polar surface area (TPSA) is 83.6 Å². The average Bonchev–Trinajstić information content (AvgIpc) is 3.28. The highest BCUT2D eigenvalue weighted by atomic mass is 16.5. The number of Topliss-reactive ketones (excluding diaryl/α,β-unsaturated/α-hetero) is 1. The van der Waals surface area contributed by atoms with Crippen molar-refractivity contribution in [2.45, 2.75) is 46.1 Å². The van der Waals surface area contributed by atoms with E-state index < -0.39 is 17.7 Å². The SMILES string of the molecule is Cc1ccc(/C(O)=C2\C(=O)C(=O)N(c3cc(C)on3)C2c2ccc(C(C)(C)C)cc2)cc1. The van der Waals surface area contributed by atoms with Crippen LogP contribution < -0.4 is 4.90 Å². The molecular formula is C26H26N2O4. The quantitative estimate of drug-likeness (QED) is 0.350. The molecule has 6 heteroatoms. The number of benzene rings is 2. The molecule has 1 aliphatic rings. The van der Waals surface area contributed by atoms with Crippen molar-refractivity contribution in [1.29, 1.82) is 0 Å². The van der Waals surface area contributed by atoms with Crippen LogP contribution in [0.1, 0.15) is 54.8 Å². The molecular weight excluding hydrogens is 404 g/mol. The molecule has 0 radical (unpaired) electrons. The summed E-state index contributed by atoms with van der Waals surface area (Å²) in [4.78, 5) is 27.5. The molecule has 4 rings (SSSR count). The molecule has 0 aliphatic carbocycles. The van der Waals surface area contributed by atoms with Gasteiger partial charge in [-0.3, -0.25) is 14.5 Å². The van der Waals surface area contributed by atoms with Crippen LogP contribution >= 0.6 is 0 Å². The van der Waals surface area contributed by atoms with Crippen LogP contribution in [0.3, 0.4) is 0 Å². The first-order valence-corrected chi connectivity index (χ1v) is 10.5. The van der Waals surface area contributed by atoms with Gasteiger partial charge in [0.25, 0.3) is 5.78 Å². The third-order valence-corrected chi connectivity index (χ3v) is 5.72. The van der Waals surface area contributed by atoms with Gasteiger partial charge in [0.15, 0.2) is 5.82 Å². The molecule has 1 saturated heterocycles. The zero-order valence-electron chi connectivity index (χ0n) is 18.8. The van der Waals surface area contributed by atoms with E-state index in [9.17, 15) is 14.7 Å². The number of carbonyl (C=O) groups is 2. The summed E-state index contributed by atoms with van der Waals surface area (Å²) >= 11 is 0. The van der Waals surface area contributed by atoms with Gasteiger partial charge in [0.05, 0.1) is 11.6 Å². The Balaban J connectivity index is 1.91. The van der Waals surface area contributed by atoms with Crippen LogP contribution in [0.4, 0.5) is 5.82 Å². The Hall–Kier alpha value is -3.67. The fraction of sp³-hybridized carbons (Fsp3) is 0.269. The molecule has 1 fully saturated rings. The molecule has 1 unspecified atom stereocenters. The first kappa shape index (κ1) is 21.6. The maximum Gasteiger partial charge on any atom is 0.301 e. The number of ketones is 1. The molecule has 1 aliphatic heterocycles. The molecule has 0 bridgehead atoms. The molecule has 1 N–H and O–H groups in total. The van der Waals surface area contributed by atoms with Gasteiger partial charge in [-0.05, 0) is 30.4 Å². The zero-order chi connectivity index (χ0) is 23.2. The molecule has 3 aromatic rings. The van der Waals surface area contributed by atoms with E-state index >= 15 is 0 Å². The van der Waals surface area contributed by atoms with Crippen LogP contribution in [0.5, 0.6) is 0 Å². The van der Waals surface area contributed by atoms with Crippen molar-refractivity contribution >= 4 is 23.3 Å². The lowest BCUT2D eigenvalue weighted by molar-refractivity contribution is -0.132. The summed E-state index contributed by atoms with van der Waals surface area (Å²) in [6, 6.07) is 15.7. The number of amides is 1. The van der Waals surface area contributed by atoms with E-state index in [1.165, 1.54) is 4.90 Å². The monoisotopic (exact) mass is 430 g/mol. The van der Waals surface area contributed by atoms with Crippen LogP contribution in [0.25, 0.3) is 5.76 Å². The summed E-state index contributed by atoms with van der Waals surface area (Å²) in [5, 5.41) is 15.1. The Kier molecular flexibility index (Phi) is 5.25. The van der Waals surface area contributed by atoms with Crippen LogP contribution in [0.2, 0.25) is 0 Å². The molecule has 2 aromatic carbocycles. The van der Waals surface area contributed by atoms with Gasteiger partial charge in [0.2, 0.25) is 0 Å². The molecule has 1 amide bonds. The lowest BCUT2D eigenvalue weighted by Gasteiger charge is -2.24.